The van der Waals surface area contributed by atoms with Gasteiger partial charge in [0, 0.05) is 13.5 Å². The second kappa shape index (κ2) is 4.65. The summed E-state index contributed by atoms with van der Waals surface area (Å²) in [5, 5.41) is 22.4. The fraction of sp³-hybridized carbons (Fsp3) is 0.900. The predicted molar refractivity (Wildman–Crippen MR) is 92.4 cm³/mol. The first-order valence-electron chi connectivity index (χ1n) is 10.2. The molecule has 6 aliphatic rings. The molecule has 6 fully saturated rings. The van der Waals surface area contributed by atoms with Crippen LogP contribution >= 0.6 is 0 Å². The van der Waals surface area contributed by atoms with Gasteiger partial charge in [-0.2, -0.15) is 0 Å². The quantitative estimate of drug-likeness (QED) is 0.449. The third-order valence-corrected chi connectivity index (χ3v) is 8.98. The highest BCUT2D eigenvalue weighted by molar-refractivity contribution is 5.83. The number of rotatable bonds is 2. The van der Waals surface area contributed by atoms with Gasteiger partial charge in [-0.3, -0.25) is 9.59 Å². The van der Waals surface area contributed by atoms with Crippen molar-refractivity contribution in [3.8, 4) is 0 Å². The van der Waals surface area contributed by atoms with E-state index in [0.29, 0.717) is 0 Å². The summed E-state index contributed by atoms with van der Waals surface area (Å²) in [7, 11) is 1.49. The Morgan fingerprint density at radius 3 is 2.31 bits per heavy atom. The molecule has 2 spiro atoms. The summed E-state index contributed by atoms with van der Waals surface area (Å²) >= 11 is 0. The maximum absolute atomic E-state index is 13.0. The summed E-state index contributed by atoms with van der Waals surface area (Å²) in [5.74, 6) is -2.80. The molecule has 4 aliphatic heterocycles. The second-order valence-electron chi connectivity index (χ2n) is 10.2. The Morgan fingerprint density at radius 2 is 1.79 bits per heavy atom. The normalized spacial score (nSPS) is 61.3. The molecule has 0 amide bonds. The molecule has 0 radical (unpaired) electrons. The Morgan fingerprint density at radius 1 is 1.14 bits per heavy atom. The number of ether oxygens (including phenoxy) is 5. The Bertz CT molecular complexity index is 855. The van der Waals surface area contributed by atoms with Gasteiger partial charge < -0.3 is 33.9 Å². The molecule has 2 N–H and O–H groups in total. The van der Waals surface area contributed by atoms with Gasteiger partial charge >= 0.3 is 11.9 Å². The number of esters is 2. The zero-order valence-corrected chi connectivity index (χ0v) is 17.0. The standard InChI is InChI=1S/C20H26O9/c1-7(21)8-6-18(28-14(8)22)11-12(26-11)19(24)9-15(23)27-13(10(25-5)17(18,19)4)20(9)16(2,3)29-20/h7-13,21,24H,6H2,1-5H3/t7-,8-,9+,10+,11+,12-,13-,17-,18+,19-,20+/m0/s1. The minimum absolute atomic E-state index is 0.175. The van der Waals surface area contributed by atoms with E-state index in [1.165, 1.54) is 7.11 Å². The minimum Gasteiger partial charge on any atom is -0.456 e. The number of methoxy groups -OCH3 is 1. The summed E-state index contributed by atoms with van der Waals surface area (Å²) in [6.07, 6.45) is -3.55. The Kier molecular flexibility index (Phi) is 2.97. The number of aliphatic hydroxyl groups excluding tert-OH is 1. The van der Waals surface area contributed by atoms with Crippen LogP contribution in [0.1, 0.15) is 34.1 Å². The van der Waals surface area contributed by atoms with Gasteiger partial charge in [0.05, 0.1) is 23.0 Å². The highest BCUT2D eigenvalue weighted by atomic mass is 16.7. The van der Waals surface area contributed by atoms with Crippen molar-refractivity contribution in [1.82, 2.24) is 0 Å². The van der Waals surface area contributed by atoms with Gasteiger partial charge in [0.1, 0.15) is 29.8 Å². The van der Waals surface area contributed by atoms with Crippen molar-refractivity contribution in [3.63, 3.8) is 0 Å². The molecule has 4 saturated heterocycles. The van der Waals surface area contributed by atoms with Crippen molar-refractivity contribution in [1.29, 1.82) is 0 Å². The zero-order chi connectivity index (χ0) is 20.9. The molecule has 6 rings (SSSR count). The van der Waals surface area contributed by atoms with Crippen LogP contribution in [0.5, 0.6) is 0 Å². The molecule has 9 nitrogen and oxygen atoms in total. The van der Waals surface area contributed by atoms with Crippen molar-refractivity contribution >= 4 is 11.9 Å². The first-order valence-corrected chi connectivity index (χ1v) is 10.2. The van der Waals surface area contributed by atoms with Gasteiger partial charge in [-0.1, -0.05) is 6.92 Å². The van der Waals surface area contributed by atoms with E-state index in [1.54, 1.807) is 13.8 Å². The molecule has 2 saturated carbocycles. The fourth-order valence-corrected chi connectivity index (χ4v) is 7.51. The molecule has 4 heterocycles. The van der Waals surface area contributed by atoms with E-state index in [0.717, 1.165) is 0 Å². The van der Waals surface area contributed by atoms with Crippen LogP contribution in [0.3, 0.4) is 0 Å². The molecule has 0 aromatic carbocycles. The monoisotopic (exact) mass is 410 g/mol. The van der Waals surface area contributed by atoms with Gasteiger partial charge in [0.2, 0.25) is 0 Å². The van der Waals surface area contributed by atoms with Crippen molar-refractivity contribution in [2.45, 2.75) is 87.0 Å². The third kappa shape index (κ3) is 1.52. The molecule has 9 heteroatoms. The van der Waals surface area contributed by atoms with E-state index in [4.69, 9.17) is 23.7 Å². The van der Waals surface area contributed by atoms with Crippen LogP contribution in [0.25, 0.3) is 0 Å². The summed E-state index contributed by atoms with van der Waals surface area (Å²) in [6.45, 7) is 7.06. The number of epoxide rings is 2. The van der Waals surface area contributed by atoms with Gasteiger partial charge in [0.25, 0.3) is 0 Å². The molecule has 0 unspecified atom stereocenters. The van der Waals surface area contributed by atoms with Crippen LogP contribution < -0.4 is 0 Å². The Labute approximate surface area is 167 Å². The molecule has 29 heavy (non-hydrogen) atoms. The van der Waals surface area contributed by atoms with E-state index in [2.05, 4.69) is 0 Å². The predicted octanol–water partition coefficient (Wildman–Crippen LogP) is -0.695. The molecule has 11 atom stereocenters. The Balaban J connectivity index is 1.57. The molecular formula is C20H26O9. The van der Waals surface area contributed by atoms with E-state index in [-0.39, 0.29) is 6.42 Å². The molecule has 160 valence electrons. The smallest absolute Gasteiger partial charge is 0.315 e. The summed E-state index contributed by atoms with van der Waals surface area (Å²) in [6, 6.07) is 0. The molecule has 0 aromatic heterocycles. The number of fused-ring (bicyclic) bond motifs is 6. The molecular weight excluding hydrogens is 384 g/mol. The van der Waals surface area contributed by atoms with Crippen molar-refractivity contribution < 1.29 is 43.5 Å². The maximum atomic E-state index is 13.0. The number of hydrogen-bond acceptors (Lipinski definition) is 9. The van der Waals surface area contributed by atoms with Gasteiger partial charge in [0.15, 0.2) is 17.3 Å². The summed E-state index contributed by atoms with van der Waals surface area (Å²) in [5.41, 5.74) is -5.82. The Hall–Kier alpha value is -1.26. The number of aliphatic hydroxyl groups is 2. The summed E-state index contributed by atoms with van der Waals surface area (Å²) in [4.78, 5) is 25.7. The van der Waals surface area contributed by atoms with Gasteiger partial charge in [-0.05, 0) is 20.8 Å². The number of hydrogen-bond donors (Lipinski definition) is 2. The van der Waals surface area contributed by atoms with E-state index in [9.17, 15) is 19.8 Å². The lowest BCUT2D eigenvalue weighted by Crippen LogP contribution is -2.76. The van der Waals surface area contributed by atoms with Crippen LogP contribution in [-0.2, 0) is 33.3 Å². The van der Waals surface area contributed by atoms with Gasteiger partial charge in [-0.15, -0.1) is 0 Å². The van der Waals surface area contributed by atoms with E-state index in [1.807, 2.05) is 13.8 Å². The lowest BCUT2D eigenvalue weighted by atomic mass is 9.50. The lowest BCUT2D eigenvalue weighted by molar-refractivity contribution is -0.282. The van der Waals surface area contributed by atoms with E-state index < -0.39 is 82.1 Å². The first kappa shape index (κ1) is 18.5. The average molecular weight is 410 g/mol. The van der Waals surface area contributed by atoms with Crippen LogP contribution in [0, 0.1) is 17.3 Å². The fourth-order valence-electron chi connectivity index (χ4n) is 7.51. The van der Waals surface area contributed by atoms with Crippen LogP contribution in [-0.4, -0.2) is 82.2 Å². The molecule has 2 aliphatic carbocycles. The van der Waals surface area contributed by atoms with Crippen LogP contribution in [0.2, 0.25) is 0 Å². The third-order valence-electron chi connectivity index (χ3n) is 8.98. The summed E-state index contributed by atoms with van der Waals surface area (Å²) < 4.78 is 29.5. The molecule has 0 aromatic rings. The maximum Gasteiger partial charge on any atom is 0.315 e. The number of carbonyl (C=O) groups is 2. The van der Waals surface area contributed by atoms with Crippen molar-refractivity contribution in [3.05, 3.63) is 0 Å². The van der Waals surface area contributed by atoms with Gasteiger partial charge in [-0.25, -0.2) is 0 Å². The minimum atomic E-state index is -1.70. The lowest BCUT2D eigenvalue weighted by Gasteiger charge is -2.57. The first-order chi connectivity index (χ1) is 13.4. The average Bonchev–Trinajstić information content (AvgIpc) is 3.44. The van der Waals surface area contributed by atoms with Crippen molar-refractivity contribution in [2.75, 3.05) is 7.11 Å². The highest BCUT2D eigenvalue weighted by Gasteiger charge is 2.99. The SMILES string of the molecule is CO[C@@H]1[C@@H]2OC(=O)[C@@H]([C@@]23OC3(C)C)[C@]2(O)[C@H]3O[C@H]3[C@]3(C[C@@H]([C@H](C)O)C(=O)O3)[C@]12C. The second-order valence-corrected chi connectivity index (χ2v) is 10.2. The topological polar surface area (TPSA) is 127 Å². The van der Waals surface area contributed by atoms with Crippen LogP contribution in [0.15, 0.2) is 0 Å². The largest absolute Gasteiger partial charge is 0.456 e. The zero-order valence-electron chi connectivity index (χ0n) is 17.0. The van der Waals surface area contributed by atoms with Crippen molar-refractivity contribution in [2.24, 2.45) is 17.3 Å². The van der Waals surface area contributed by atoms with Crippen LogP contribution in [0.4, 0.5) is 0 Å². The highest BCUT2D eigenvalue weighted by Crippen LogP contribution is 2.79. The number of carbonyl (C=O) groups excluding carboxylic acids is 2. The van der Waals surface area contributed by atoms with E-state index >= 15 is 0 Å². The molecule has 2 bridgehead atoms.